The molecule has 1 amide bonds. The second-order valence-electron chi connectivity index (χ2n) is 5.04. The average Bonchev–Trinajstić information content (AvgIpc) is 3.10. The number of nitrogens with two attached hydrogens (primary N) is 1. The molecule has 1 aromatic carbocycles. The number of carbonyl (C=O) groups is 1. The van der Waals surface area contributed by atoms with E-state index in [0.717, 1.165) is 22.7 Å². The number of aromatic nitrogens is 1. The van der Waals surface area contributed by atoms with Crippen molar-refractivity contribution in [3.05, 3.63) is 70.8 Å². The lowest BCUT2D eigenvalue weighted by Crippen LogP contribution is -2.12. The van der Waals surface area contributed by atoms with Gasteiger partial charge in [-0.3, -0.25) is 4.79 Å². The molecule has 22 heavy (non-hydrogen) atoms. The molecule has 0 saturated heterocycles. The number of nitrogens with zero attached hydrogens (tertiary/aromatic N) is 1. The van der Waals surface area contributed by atoms with Crippen molar-refractivity contribution in [3.63, 3.8) is 0 Å². The summed E-state index contributed by atoms with van der Waals surface area (Å²) in [6, 6.07) is 13.0. The van der Waals surface area contributed by atoms with Crippen LogP contribution in [0.3, 0.4) is 0 Å². The monoisotopic (exact) mass is 314 g/mol. The quantitative estimate of drug-likeness (QED) is 0.795. The van der Waals surface area contributed by atoms with Crippen molar-refractivity contribution in [2.45, 2.75) is 13.5 Å². The highest BCUT2D eigenvalue weighted by Gasteiger charge is 2.18. The van der Waals surface area contributed by atoms with Gasteiger partial charge in [0.25, 0.3) is 5.91 Å². The molecular weight excluding hydrogens is 300 g/mol. The zero-order chi connectivity index (χ0) is 15.7. The molecule has 4 nitrogen and oxygen atoms in total. The lowest BCUT2D eigenvalue weighted by molar-refractivity contribution is 0.0999. The van der Waals surface area contributed by atoms with Gasteiger partial charge in [-0.15, -0.1) is 0 Å². The predicted molar refractivity (Wildman–Crippen MR) is 85.9 cm³/mol. The van der Waals surface area contributed by atoms with E-state index in [1.165, 1.54) is 0 Å². The second kappa shape index (κ2) is 5.73. The Bertz CT molecular complexity index is 819. The first-order valence-electron chi connectivity index (χ1n) is 6.85. The maximum Gasteiger partial charge on any atom is 0.250 e. The summed E-state index contributed by atoms with van der Waals surface area (Å²) in [6.45, 7) is 2.37. The van der Waals surface area contributed by atoms with Crippen LogP contribution < -0.4 is 5.73 Å². The molecule has 0 aliphatic rings. The number of rotatable bonds is 4. The lowest BCUT2D eigenvalue weighted by atomic mass is 10.1. The lowest BCUT2D eigenvalue weighted by Gasteiger charge is -2.11. The van der Waals surface area contributed by atoms with Gasteiger partial charge >= 0.3 is 0 Å². The zero-order valence-corrected chi connectivity index (χ0v) is 12.8. The molecule has 0 radical (unpaired) electrons. The smallest absolute Gasteiger partial charge is 0.250 e. The van der Waals surface area contributed by atoms with Crippen molar-refractivity contribution < 1.29 is 9.21 Å². The second-order valence-corrected chi connectivity index (χ2v) is 5.45. The topological polar surface area (TPSA) is 61.2 Å². The van der Waals surface area contributed by atoms with E-state index in [4.69, 9.17) is 21.8 Å². The highest BCUT2D eigenvalue weighted by molar-refractivity contribution is 6.33. The van der Waals surface area contributed by atoms with E-state index >= 15 is 0 Å². The predicted octanol–water partition coefficient (Wildman–Crippen LogP) is 3.86. The maximum absolute atomic E-state index is 11.7. The molecule has 0 spiro atoms. The number of benzene rings is 1. The van der Waals surface area contributed by atoms with Crippen molar-refractivity contribution >= 4 is 17.5 Å². The summed E-state index contributed by atoms with van der Waals surface area (Å²) in [6.07, 6.45) is 1.62. The number of hydrogen-bond donors (Lipinski definition) is 1. The summed E-state index contributed by atoms with van der Waals surface area (Å²) < 4.78 is 7.40. The van der Waals surface area contributed by atoms with Crippen LogP contribution in [-0.2, 0) is 6.54 Å². The van der Waals surface area contributed by atoms with E-state index in [9.17, 15) is 4.79 Å². The Morgan fingerprint density at radius 1 is 1.27 bits per heavy atom. The molecule has 0 aliphatic heterocycles. The van der Waals surface area contributed by atoms with Gasteiger partial charge in [0, 0.05) is 16.3 Å². The molecule has 5 heteroatoms. The van der Waals surface area contributed by atoms with E-state index in [1.807, 2.05) is 47.9 Å². The van der Waals surface area contributed by atoms with Crippen LogP contribution in [0.4, 0.5) is 0 Å². The Kier molecular flexibility index (Phi) is 3.77. The average molecular weight is 315 g/mol. The molecule has 2 heterocycles. The van der Waals surface area contributed by atoms with Gasteiger partial charge in [0.15, 0.2) is 0 Å². The van der Waals surface area contributed by atoms with Crippen LogP contribution in [0.2, 0.25) is 5.02 Å². The van der Waals surface area contributed by atoms with Crippen LogP contribution in [0.5, 0.6) is 0 Å². The van der Waals surface area contributed by atoms with Crippen LogP contribution in [-0.4, -0.2) is 10.5 Å². The third-order valence-corrected chi connectivity index (χ3v) is 4.01. The van der Waals surface area contributed by atoms with Crippen molar-refractivity contribution in [3.8, 4) is 11.3 Å². The third-order valence-electron chi connectivity index (χ3n) is 3.68. The molecular formula is C17H15ClN2O2. The Labute approximate surface area is 133 Å². The number of amides is 1. The molecule has 0 bridgehead atoms. The third kappa shape index (κ3) is 2.53. The van der Waals surface area contributed by atoms with Crippen molar-refractivity contribution in [1.29, 1.82) is 0 Å². The standard InChI is InChI=1S/C17H15ClN2O2/c1-11-14(17(19)21)9-16(13-6-2-3-7-15(13)18)20(11)10-12-5-4-8-22-12/h2-9H,10H2,1H3,(H2,19,21). The van der Waals surface area contributed by atoms with Crippen molar-refractivity contribution in [1.82, 2.24) is 4.57 Å². The van der Waals surface area contributed by atoms with Gasteiger partial charge in [0.1, 0.15) is 5.76 Å². The van der Waals surface area contributed by atoms with Crippen molar-refractivity contribution in [2.24, 2.45) is 5.73 Å². The highest BCUT2D eigenvalue weighted by atomic mass is 35.5. The number of furan rings is 1. The summed E-state index contributed by atoms with van der Waals surface area (Å²) in [5.41, 5.74) is 8.45. The Morgan fingerprint density at radius 2 is 2.05 bits per heavy atom. The van der Waals surface area contributed by atoms with Gasteiger partial charge in [-0.25, -0.2) is 0 Å². The Hall–Kier alpha value is -2.46. The fourth-order valence-corrected chi connectivity index (χ4v) is 2.78. The van der Waals surface area contributed by atoms with E-state index in [-0.39, 0.29) is 0 Å². The van der Waals surface area contributed by atoms with Gasteiger partial charge in [-0.2, -0.15) is 0 Å². The minimum atomic E-state index is -0.455. The maximum atomic E-state index is 11.7. The van der Waals surface area contributed by atoms with Gasteiger partial charge < -0.3 is 14.7 Å². The molecule has 3 aromatic rings. The first-order valence-corrected chi connectivity index (χ1v) is 7.23. The molecule has 2 aromatic heterocycles. The van der Waals surface area contributed by atoms with Crippen LogP contribution in [0.1, 0.15) is 21.8 Å². The number of carbonyl (C=O) groups excluding carboxylic acids is 1. The number of hydrogen-bond acceptors (Lipinski definition) is 2. The molecule has 0 unspecified atom stereocenters. The summed E-state index contributed by atoms with van der Waals surface area (Å²) in [5, 5.41) is 0.622. The minimum Gasteiger partial charge on any atom is -0.467 e. The van der Waals surface area contributed by atoms with Gasteiger partial charge in [-0.1, -0.05) is 29.8 Å². The first kappa shape index (κ1) is 14.5. The molecule has 2 N–H and O–H groups in total. The molecule has 112 valence electrons. The molecule has 3 rings (SSSR count). The molecule has 0 fully saturated rings. The Morgan fingerprint density at radius 3 is 2.68 bits per heavy atom. The Balaban J connectivity index is 2.18. The summed E-state index contributed by atoms with van der Waals surface area (Å²) in [7, 11) is 0. The van der Waals surface area contributed by atoms with Gasteiger partial charge in [0.2, 0.25) is 0 Å². The largest absolute Gasteiger partial charge is 0.467 e. The first-order chi connectivity index (χ1) is 10.6. The van der Waals surface area contributed by atoms with Crippen LogP contribution in [0.25, 0.3) is 11.3 Å². The van der Waals surface area contributed by atoms with E-state index < -0.39 is 5.91 Å². The van der Waals surface area contributed by atoms with E-state index in [2.05, 4.69) is 0 Å². The minimum absolute atomic E-state index is 0.455. The normalized spacial score (nSPS) is 10.8. The fraction of sp³-hybridized carbons (Fsp3) is 0.118. The molecule has 0 aliphatic carbocycles. The fourth-order valence-electron chi connectivity index (χ4n) is 2.55. The van der Waals surface area contributed by atoms with Crippen molar-refractivity contribution in [2.75, 3.05) is 0 Å². The summed E-state index contributed by atoms with van der Waals surface area (Å²) >= 11 is 6.30. The van der Waals surface area contributed by atoms with E-state index in [0.29, 0.717) is 17.1 Å². The summed E-state index contributed by atoms with van der Waals surface area (Å²) in [5.74, 6) is 0.340. The van der Waals surface area contributed by atoms with Gasteiger partial charge in [-0.05, 0) is 31.2 Å². The number of primary amides is 1. The van der Waals surface area contributed by atoms with Gasteiger partial charge in [0.05, 0.1) is 24.1 Å². The zero-order valence-electron chi connectivity index (χ0n) is 12.0. The van der Waals surface area contributed by atoms with Crippen LogP contribution >= 0.6 is 11.6 Å². The SMILES string of the molecule is Cc1c(C(N)=O)cc(-c2ccccc2Cl)n1Cc1ccco1. The summed E-state index contributed by atoms with van der Waals surface area (Å²) in [4.78, 5) is 11.7. The molecule has 0 saturated carbocycles. The molecule has 0 atom stereocenters. The van der Waals surface area contributed by atoms with Crippen LogP contribution in [0.15, 0.2) is 53.1 Å². The highest BCUT2D eigenvalue weighted by Crippen LogP contribution is 2.31. The number of halogens is 1. The van der Waals surface area contributed by atoms with Crippen LogP contribution in [0, 0.1) is 6.92 Å². The van der Waals surface area contributed by atoms with E-state index in [1.54, 1.807) is 12.3 Å².